The number of aromatic nitrogens is 2. The van der Waals surface area contributed by atoms with Crippen LogP contribution in [-0.4, -0.2) is 27.0 Å². The predicted molar refractivity (Wildman–Crippen MR) is 101 cm³/mol. The summed E-state index contributed by atoms with van der Waals surface area (Å²) in [4.78, 5) is 19.0. The van der Waals surface area contributed by atoms with E-state index < -0.39 is 0 Å². The maximum absolute atomic E-state index is 12.8. The van der Waals surface area contributed by atoms with E-state index in [-0.39, 0.29) is 18.5 Å². The predicted octanol–water partition coefficient (Wildman–Crippen LogP) is 4.75. The zero-order valence-corrected chi connectivity index (χ0v) is 15.7. The molecule has 3 aromatic rings. The van der Waals surface area contributed by atoms with Gasteiger partial charge in [-0.25, -0.2) is 0 Å². The van der Waals surface area contributed by atoms with Gasteiger partial charge in [0.15, 0.2) is 0 Å². The molecule has 5 nitrogen and oxygen atoms in total. The Hall–Kier alpha value is -2.66. The van der Waals surface area contributed by atoms with Gasteiger partial charge < -0.3 is 9.42 Å². The number of hydrogen-bond donors (Lipinski definition) is 0. The lowest BCUT2D eigenvalue weighted by Gasteiger charge is -2.25. The third-order valence-electron chi connectivity index (χ3n) is 4.06. The van der Waals surface area contributed by atoms with E-state index in [1.54, 1.807) is 17.0 Å². The molecule has 0 spiro atoms. The van der Waals surface area contributed by atoms with Crippen molar-refractivity contribution in [3.8, 4) is 11.4 Å². The lowest BCUT2D eigenvalue weighted by atomic mass is 10.1. The number of carbonyl (C=O) groups is 1. The second-order valence-corrected chi connectivity index (χ2v) is 6.85. The number of nitrogens with zero attached hydrogens (tertiary/aromatic N) is 3. The van der Waals surface area contributed by atoms with Gasteiger partial charge in [-0.3, -0.25) is 4.79 Å². The molecule has 134 valence electrons. The standard InChI is InChI=1S/C20H20ClN3O2/c1-13(2)24(20(25)16-6-4-14(3)5-7-16)12-18-22-19(23-26-18)15-8-10-17(21)11-9-15/h4-11,13H,12H2,1-3H3. The molecule has 0 saturated carbocycles. The van der Waals surface area contributed by atoms with E-state index in [0.717, 1.165) is 11.1 Å². The maximum Gasteiger partial charge on any atom is 0.254 e. The zero-order valence-electron chi connectivity index (χ0n) is 14.9. The van der Waals surface area contributed by atoms with Crippen LogP contribution >= 0.6 is 11.6 Å². The maximum atomic E-state index is 12.8. The number of carbonyl (C=O) groups excluding carboxylic acids is 1. The van der Waals surface area contributed by atoms with Gasteiger partial charge in [-0.2, -0.15) is 4.98 Å². The molecule has 0 saturated heterocycles. The highest BCUT2D eigenvalue weighted by Gasteiger charge is 2.22. The van der Waals surface area contributed by atoms with Gasteiger partial charge in [-0.05, 0) is 57.2 Å². The number of halogens is 1. The fraction of sp³-hybridized carbons (Fsp3) is 0.250. The number of benzene rings is 2. The fourth-order valence-electron chi connectivity index (χ4n) is 2.53. The van der Waals surface area contributed by atoms with Crippen LogP contribution in [0.2, 0.25) is 5.02 Å². The van der Waals surface area contributed by atoms with Crippen LogP contribution in [0.4, 0.5) is 0 Å². The molecule has 26 heavy (non-hydrogen) atoms. The van der Waals surface area contributed by atoms with Crippen molar-refractivity contribution in [2.24, 2.45) is 0 Å². The zero-order chi connectivity index (χ0) is 18.7. The van der Waals surface area contributed by atoms with Gasteiger partial charge in [0.25, 0.3) is 5.91 Å². The Morgan fingerprint density at radius 2 is 1.77 bits per heavy atom. The SMILES string of the molecule is Cc1ccc(C(=O)N(Cc2nc(-c3ccc(Cl)cc3)no2)C(C)C)cc1. The number of rotatable bonds is 5. The largest absolute Gasteiger partial charge is 0.337 e. The second-order valence-electron chi connectivity index (χ2n) is 6.41. The molecule has 1 amide bonds. The molecular weight excluding hydrogens is 350 g/mol. The van der Waals surface area contributed by atoms with Crippen LogP contribution in [0.3, 0.4) is 0 Å². The van der Waals surface area contributed by atoms with E-state index in [2.05, 4.69) is 10.1 Å². The third-order valence-corrected chi connectivity index (χ3v) is 4.31. The first-order chi connectivity index (χ1) is 12.4. The van der Waals surface area contributed by atoms with Crippen LogP contribution in [-0.2, 0) is 6.54 Å². The Bertz CT molecular complexity index is 886. The van der Waals surface area contributed by atoms with Gasteiger partial charge in [0.2, 0.25) is 11.7 Å². The molecule has 0 aliphatic carbocycles. The summed E-state index contributed by atoms with van der Waals surface area (Å²) in [6.07, 6.45) is 0. The number of amides is 1. The fourth-order valence-corrected chi connectivity index (χ4v) is 2.66. The highest BCUT2D eigenvalue weighted by Crippen LogP contribution is 2.20. The van der Waals surface area contributed by atoms with Gasteiger partial charge in [0.05, 0.1) is 0 Å². The summed E-state index contributed by atoms with van der Waals surface area (Å²) in [5.41, 5.74) is 2.56. The summed E-state index contributed by atoms with van der Waals surface area (Å²) in [7, 11) is 0. The molecule has 0 bridgehead atoms. The molecule has 0 N–H and O–H groups in total. The molecule has 1 heterocycles. The molecule has 0 unspecified atom stereocenters. The molecule has 3 rings (SSSR count). The van der Waals surface area contributed by atoms with E-state index in [4.69, 9.17) is 16.1 Å². The Labute approximate surface area is 157 Å². The average molecular weight is 370 g/mol. The molecule has 0 fully saturated rings. The molecule has 0 aliphatic rings. The first kappa shape index (κ1) is 18.1. The second kappa shape index (κ2) is 7.70. The lowest BCUT2D eigenvalue weighted by molar-refractivity contribution is 0.0667. The van der Waals surface area contributed by atoms with Gasteiger partial charge >= 0.3 is 0 Å². The first-order valence-corrected chi connectivity index (χ1v) is 8.78. The van der Waals surface area contributed by atoms with Crippen LogP contribution in [0.25, 0.3) is 11.4 Å². The minimum Gasteiger partial charge on any atom is -0.337 e. The van der Waals surface area contributed by atoms with Crippen molar-refractivity contribution in [1.29, 1.82) is 0 Å². The Kier molecular flexibility index (Phi) is 5.38. The van der Waals surface area contributed by atoms with Crippen molar-refractivity contribution in [2.75, 3.05) is 0 Å². The minimum atomic E-state index is -0.0637. The monoisotopic (exact) mass is 369 g/mol. The number of hydrogen-bond acceptors (Lipinski definition) is 4. The van der Waals surface area contributed by atoms with Crippen LogP contribution in [0.15, 0.2) is 53.1 Å². The summed E-state index contributed by atoms with van der Waals surface area (Å²) in [6.45, 7) is 6.17. The highest BCUT2D eigenvalue weighted by atomic mass is 35.5. The molecule has 0 radical (unpaired) electrons. The smallest absolute Gasteiger partial charge is 0.254 e. The van der Waals surface area contributed by atoms with Gasteiger partial charge in [-0.1, -0.05) is 34.5 Å². The molecule has 0 aliphatic heterocycles. The Morgan fingerprint density at radius 1 is 1.12 bits per heavy atom. The summed E-state index contributed by atoms with van der Waals surface area (Å²) in [5.74, 6) is 0.804. The summed E-state index contributed by atoms with van der Waals surface area (Å²) in [5, 5.41) is 4.65. The van der Waals surface area contributed by atoms with E-state index in [0.29, 0.717) is 22.3 Å². The third kappa shape index (κ3) is 4.11. The molecule has 2 aromatic carbocycles. The van der Waals surface area contributed by atoms with Crippen molar-refractivity contribution in [2.45, 2.75) is 33.4 Å². The van der Waals surface area contributed by atoms with Crippen molar-refractivity contribution < 1.29 is 9.32 Å². The van der Waals surface area contributed by atoms with Crippen LogP contribution in [0, 0.1) is 6.92 Å². The van der Waals surface area contributed by atoms with Crippen LogP contribution in [0.5, 0.6) is 0 Å². The highest BCUT2D eigenvalue weighted by molar-refractivity contribution is 6.30. The Balaban J connectivity index is 1.79. The van der Waals surface area contributed by atoms with Crippen LogP contribution < -0.4 is 0 Å². The average Bonchev–Trinajstić information content (AvgIpc) is 3.09. The topological polar surface area (TPSA) is 59.2 Å². The van der Waals surface area contributed by atoms with E-state index in [1.807, 2.05) is 57.2 Å². The van der Waals surface area contributed by atoms with Crippen molar-refractivity contribution in [1.82, 2.24) is 15.0 Å². The molecular formula is C20H20ClN3O2. The lowest BCUT2D eigenvalue weighted by Crippen LogP contribution is -2.36. The summed E-state index contributed by atoms with van der Waals surface area (Å²) in [6, 6.07) is 14.7. The normalized spacial score (nSPS) is 11.0. The Morgan fingerprint density at radius 3 is 2.38 bits per heavy atom. The van der Waals surface area contributed by atoms with Gasteiger partial charge in [0, 0.05) is 22.2 Å². The molecule has 0 atom stereocenters. The molecule has 1 aromatic heterocycles. The van der Waals surface area contributed by atoms with Crippen molar-refractivity contribution >= 4 is 17.5 Å². The number of aryl methyl sites for hydroxylation is 1. The molecule has 6 heteroatoms. The van der Waals surface area contributed by atoms with Crippen molar-refractivity contribution in [3.05, 3.63) is 70.6 Å². The van der Waals surface area contributed by atoms with E-state index in [1.165, 1.54) is 0 Å². The van der Waals surface area contributed by atoms with Crippen molar-refractivity contribution in [3.63, 3.8) is 0 Å². The van der Waals surface area contributed by atoms with Crippen LogP contribution in [0.1, 0.15) is 35.7 Å². The summed E-state index contributed by atoms with van der Waals surface area (Å²) >= 11 is 5.90. The first-order valence-electron chi connectivity index (χ1n) is 8.40. The van der Waals surface area contributed by atoms with E-state index >= 15 is 0 Å². The van der Waals surface area contributed by atoms with Gasteiger partial charge in [0.1, 0.15) is 6.54 Å². The minimum absolute atomic E-state index is 0.00492. The summed E-state index contributed by atoms with van der Waals surface area (Å²) < 4.78 is 5.35. The quantitative estimate of drug-likeness (QED) is 0.651. The van der Waals surface area contributed by atoms with E-state index in [9.17, 15) is 4.79 Å². The van der Waals surface area contributed by atoms with Gasteiger partial charge in [-0.15, -0.1) is 0 Å².